The van der Waals surface area contributed by atoms with Crippen LogP contribution in [0.5, 0.6) is 0 Å². The molecule has 1 aliphatic heterocycles. The first-order valence-electron chi connectivity index (χ1n) is 5.31. The van der Waals surface area contributed by atoms with Crippen LogP contribution in [0.3, 0.4) is 0 Å². The number of nitrogens with zero attached hydrogens (tertiary/aromatic N) is 1. The van der Waals surface area contributed by atoms with Crippen molar-refractivity contribution < 1.29 is 4.74 Å². The second-order valence-electron chi connectivity index (χ2n) is 3.71. The summed E-state index contributed by atoms with van der Waals surface area (Å²) in [5.41, 5.74) is 0. The van der Waals surface area contributed by atoms with E-state index in [4.69, 9.17) is 4.74 Å². The number of rotatable bonds is 6. The zero-order chi connectivity index (χ0) is 9.52. The summed E-state index contributed by atoms with van der Waals surface area (Å²) in [5.74, 6) is 0.853. The van der Waals surface area contributed by atoms with Crippen molar-refractivity contribution in [2.75, 3.05) is 46.4 Å². The normalized spacial score (nSPS) is 24.0. The Hall–Kier alpha value is -0.120. The summed E-state index contributed by atoms with van der Waals surface area (Å²) in [7, 11) is 2.03. The highest BCUT2D eigenvalue weighted by Gasteiger charge is 2.20. The van der Waals surface area contributed by atoms with Crippen molar-refractivity contribution in [2.45, 2.75) is 13.3 Å². The second kappa shape index (κ2) is 6.35. The van der Waals surface area contributed by atoms with Gasteiger partial charge in [-0.25, -0.2) is 0 Å². The summed E-state index contributed by atoms with van der Waals surface area (Å²) >= 11 is 0. The molecule has 3 heteroatoms. The molecule has 1 N–H and O–H groups in total. The molecule has 1 heterocycles. The zero-order valence-electron chi connectivity index (χ0n) is 8.88. The van der Waals surface area contributed by atoms with Gasteiger partial charge in [0.2, 0.25) is 0 Å². The third-order valence-electron chi connectivity index (χ3n) is 2.62. The van der Waals surface area contributed by atoms with Gasteiger partial charge in [-0.1, -0.05) is 0 Å². The number of hydrogen-bond donors (Lipinski definition) is 1. The molecule has 0 aromatic heterocycles. The fourth-order valence-electron chi connectivity index (χ4n) is 1.91. The lowest BCUT2D eigenvalue weighted by atomic mass is 10.1. The predicted octanol–water partition coefficient (Wildman–Crippen LogP) is 0.564. The van der Waals surface area contributed by atoms with Crippen LogP contribution in [0, 0.1) is 5.92 Å². The largest absolute Gasteiger partial charge is 0.380 e. The summed E-state index contributed by atoms with van der Waals surface area (Å²) in [6.45, 7) is 8.54. The second-order valence-corrected chi connectivity index (χ2v) is 3.71. The molecule has 0 aromatic carbocycles. The van der Waals surface area contributed by atoms with Crippen molar-refractivity contribution in [1.82, 2.24) is 10.2 Å². The minimum Gasteiger partial charge on any atom is -0.380 e. The quantitative estimate of drug-likeness (QED) is 0.614. The van der Waals surface area contributed by atoms with E-state index >= 15 is 0 Å². The van der Waals surface area contributed by atoms with E-state index < -0.39 is 0 Å². The van der Waals surface area contributed by atoms with Crippen molar-refractivity contribution in [3.05, 3.63) is 0 Å². The Labute approximate surface area is 81.4 Å². The van der Waals surface area contributed by atoms with E-state index in [9.17, 15) is 0 Å². The van der Waals surface area contributed by atoms with E-state index in [2.05, 4.69) is 10.2 Å². The van der Waals surface area contributed by atoms with Crippen molar-refractivity contribution in [3.8, 4) is 0 Å². The molecule has 0 saturated carbocycles. The highest BCUT2D eigenvalue weighted by Crippen LogP contribution is 2.14. The summed E-state index contributed by atoms with van der Waals surface area (Å²) in [5, 5.41) is 3.24. The molecule has 1 fully saturated rings. The lowest BCUT2D eigenvalue weighted by Gasteiger charge is -2.15. The van der Waals surface area contributed by atoms with Crippen LogP contribution in [0.2, 0.25) is 0 Å². The van der Waals surface area contributed by atoms with Crippen LogP contribution in [0.15, 0.2) is 0 Å². The molecule has 1 unspecified atom stereocenters. The van der Waals surface area contributed by atoms with Crippen LogP contribution < -0.4 is 5.32 Å². The highest BCUT2D eigenvalue weighted by atomic mass is 16.5. The van der Waals surface area contributed by atoms with Crippen LogP contribution in [0.25, 0.3) is 0 Å². The van der Waals surface area contributed by atoms with Crippen LogP contribution in [-0.4, -0.2) is 51.3 Å². The van der Waals surface area contributed by atoms with Crippen molar-refractivity contribution in [1.29, 1.82) is 0 Å². The first kappa shape index (κ1) is 11.0. The predicted molar refractivity (Wildman–Crippen MR) is 55.0 cm³/mol. The summed E-state index contributed by atoms with van der Waals surface area (Å²) < 4.78 is 5.33. The fourth-order valence-corrected chi connectivity index (χ4v) is 1.91. The average molecular weight is 186 g/mol. The maximum atomic E-state index is 5.33. The molecule has 1 saturated heterocycles. The molecular weight excluding hydrogens is 164 g/mol. The summed E-state index contributed by atoms with van der Waals surface area (Å²) in [6, 6.07) is 0. The van der Waals surface area contributed by atoms with Gasteiger partial charge in [-0.3, -0.25) is 0 Å². The Kier molecular flexibility index (Phi) is 5.35. The van der Waals surface area contributed by atoms with Crippen LogP contribution in [-0.2, 0) is 4.74 Å². The van der Waals surface area contributed by atoms with Gasteiger partial charge in [0.15, 0.2) is 0 Å². The third-order valence-corrected chi connectivity index (χ3v) is 2.62. The lowest BCUT2D eigenvalue weighted by molar-refractivity contribution is 0.120. The molecule has 0 amide bonds. The molecule has 78 valence electrons. The van der Waals surface area contributed by atoms with Crippen LogP contribution >= 0.6 is 0 Å². The fraction of sp³-hybridized carbons (Fsp3) is 1.00. The minimum absolute atomic E-state index is 0.841. The molecule has 0 aromatic rings. The van der Waals surface area contributed by atoms with E-state index in [0.717, 1.165) is 32.2 Å². The van der Waals surface area contributed by atoms with Gasteiger partial charge in [0.05, 0.1) is 6.61 Å². The molecule has 0 bridgehead atoms. The Morgan fingerprint density at radius 1 is 1.54 bits per heavy atom. The molecule has 0 aliphatic carbocycles. The molecule has 1 aliphatic rings. The number of nitrogens with one attached hydrogen (secondary N) is 1. The molecule has 13 heavy (non-hydrogen) atoms. The number of ether oxygens (including phenoxy) is 1. The summed E-state index contributed by atoms with van der Waals surface area (Å²) in [4.78, 5) is 2.50. The molecule has 3 nitrogen and oxygen atoms in total. The van der Waals surface area contributed by atoms with Crippen molar-refractivity contribution >= 4 is 0 Å². The SMILES string of the molecule is CCOCCN1CCC(CNC)C1. The van der Waals surface area contributed by atoms with Crippen molar-refractivity contribution in [3.63, 3.8) is 0 Å². The van der Waals surface area contributed by atoms with Gasteiger partial charge < -0.3 is 15.0 Å². The Morgan fingerprint density at radius 3 is 3.08 bits per heavy atom. The minimum atomic E-state index is 0.841. The first-order chi connectivity index (χ1) is 6.36. The van der Waals surface area contributed by atoms with E-state index in [0.29, 0.717) is 0 Å². The van der Waals surface area contributed by atoms with E-state index in [1.165, 1.54) is 19.5 Å². The standard InChI is InChI=1S/C10H22N2O/c1-3-13-7-6-12-5-4-10(9-12)8-11-2/h10-11H,3-9H2,1-2H3. The van der Waals surface area contributed by atoms with Crippen LogP contribution in [0.4, 0.5) is 0 Å². The van der Waals surface area contributed by atoms with Gasteiger partial charge in [-0.05, 0) is 39.4 Å². The number of hydrogen-bond acceptors (Lipinski definition) is 3. The van der Waals surface area contributed by atoms with Gasteiger partial charge >= 0.3 is 0 Å². The molecule has 0 radical (unpaired) electrons. The topological polar surface area (TPSA) is 24.5 Å². The maximum Gasteiger partial charge on any atom is 0.0593 e. The molecule has 1 rings (SSSR count). The summed E-state index contributed by atoms with van der Waals surface area (Å²) in [6.07, 6.45) is 1.34. The molecule has 0 spiro atoms. The monoisotopic (exact) mass is 186 g/mol. The third kappa shape index (κ3) is 4.07. The van der Waals surface area contributed by atoms with Gasteiger partial charge in [0.25, 0.3) is 0 Å². The average Bonchev–Trinajstić information content (AvgIpc) is 2.54. The molecule has 1 atom stereocenters. The highest BCUT2D eigenvalue weighted by molar-refractivity contribution is 4.76. The van der Waals surface area contributed by atoms with E-state index in [1.54, 1.807) is 0 Å². The van der Waals surface area contributed by atoms with Crippen LogP contribution in [0.1, 0.15) is 13.3 Å². The Bertz CT molecular complexity index is 130. The Morgan fingerprint density at radius 2 is 2.38 bits per heavy atom. The zero-order valence-corrected chi connectivity index (χ0v) is 8.88. The van der Waals surface area contributed by atoms with Gasteiger partial charge in [0, 0.05) is 19.7 Å². The van der Waals surface area contributed by atoms with Crippen molar-refractivity contribution in [2.24, 2.45) is 5.92 Å². The molecular formula is C10H22N2O. The Balaban J connectivity index is 2.03. The van der Waals surface area contributed by atoms with E-state index in [-0.39, 0.29) is 0 Å². The van der Waals surface area contributed by atoms with Gasteiger partial charge in [-0.15, -0.1) is 0 Å². The smallest absolute Gasteiger partial charge is 0.0593 e. The lowest BCUT2D eigenvalue weighted by Crippen LogP contribution is -2.27. The van der Waals surface area contributed by atoms with E-state index in [1.807, 2.05) is 14.0 Å². The maximum absolute atomic E-state index is 5.33. The number of likely N-dealkylation sites (tertiary alicyclic amines) is 1. The van der Waals surface area contributed by atoms with Gasteiger partial charge in [0.1, 0.15) is 0 Å². The van der Waals surface area contributed by atoms with Gasteiger partial charge in [-0.2, -0.15) is 0 Å². The first-order valence-corrected chi connectivity index (χ1v) is 5.31.